The van der Waals surface area contributed by atoms with E-state index in [1.807, 2.05) is 13.8 Å². The van der Waals surface area contributed by atoms with E-state index in [4.69, 9.17) is 11.6 Å². The molecule has 1 aromatic rings. The molecule has 0 saturated carbocycles. The molecule has 3 nitrogen and oxygen atoms in total. The second-order valence-corrected chi connectivity index (χ2v) is 7.90. The standard InChI is InChI=1S/C9H13BrClNO2S2/c1-6(5-10)7(2)12-16(13,14)9-4-3-8(11)15-9/h3-4,6-7,12H,5H2,1-2H3. The Kier molecular flexibility index (Phi) is 5.25. The number of alkyl halides is 1. The Bertz CT molecular complexity index is 446. The highest BCUT2D eigenvalue weighted by Gasteiger charge is 2.21. The zero-order valence-corrected chi connectivity index (χ0v) is 12.9. The fraction of sp³-hybridized carbons (Fsp3) is 0.556. The van der Waals surface area contributed by atoms with Crippen molar-refractivity contribution in [2.75, 3.05) is 5.33 Å². The third kappa shape index (κ3) is 3.70. The van der Waals surface area contributed by atoms with Gasteiger partial charge in [0.15, 0.2) is 0 Å². The van der Waals surface area contributed by atoms with Gasteiger partial charge in [0, 0.05) is 11.4 Å². The molecule has 0 amide bonds. The molecule has 1 rings (SSSR count). The first-order valence-electron chi connectivity index (χ1n) is 4.70. The van der Waals surface area contributed by atoms with E-state index in [1.54, 1.807) is 6.07 Å². The minimum absolute atomic E-state index is 0.120. The number of rotatable bonds is 5. The molecule has 1 N–H and O–H groups in total. The van der Waals surface area contributed by atoms with E-state index >= 15 is 0 Å². The molecule has 92 valence electrons. The third-order valence-corrected chi connectivity index (χ3v) is 6.55. The van der Waals surface area contributed by atoms with Crippen molar-refractivity contribution in [3.63, 3.8) is 0 Å². The molecule has 1 heterocycles. The molecule has 16 heavy (non-hydrogen) atoms. The molecule has 0 aliphatic carbocycles. The topological polar surface area (TPSA) is 46.2 Å². The maximum atomic E-state index is 11.9. The lowest BCUT2D eigenvalue weighted by Gasteiger charge is -2.18. The lowest BCUT2D eigenvalue weighted by Crippen LogP contribution is -2.37. The number of hydrogen-bond donors (Lipinski definition) is 1. The summed E-state index contributed by atoms with van der Waals surface area (Å²) in [4.78, 5) is 0. The number of hydrogen-bond acceptors (Lipinski definition) is 3. The van der Waals surface area contributed by atoms with Gasteiger partial charge in [-0.2, -0.15) is 0 Å². The summed E-state index contributed by atoms with van der Waals surface area (Å²) in [7, 11) is -3.43. The summed E-state index contributed by atoms with van der Waals surface area (Å²) in [5.41, 5.74) is 0. The van der Waals surface area contributed by atoms with Gasteiger partial charge in [-0.25, -0.2) is 13.1 Å². The van der Waals surface area contributed by atoms with Gasteiger partial charge < -0.3 is 0 Å². The maximum absolute atomic E-state index is 11.9. The Morgan fingerprint density at radius 3 is 2.56 bits per heavy atom. The van der Waals surface area contributed by atoms with Gasteiger partial charge in [-0.3, -0.25) is 0 Å². The van der Waals surface area contributed by atoms with Gasteiger partial charge in [0.1, 0.15) is 4.21 Å². The number of nitrogens with one attached hydrogen (secondary N) is 1. The quantitative estimate of drug-likeness (QED) is 0.833. The average Bonchev–Trinajstić information content (AvgIpc) is 2.63. The van der Waals surface area contributed by atoms with E-state index in [2.05, 4.69) is 20.7 Å². The molecule has 0 fully saturated rings. The normalized spacial score (nSPS) is 16.0. The Labute approximate surface area is 113 Å². The van der Waals surface area contributed by atoms with Crippen molar-refractivity contribution in [2.45, 2.75) is 24.1 Å². The molecule has 0 aliphatic heterocycles. The Morgan fingerprint density at radius 2 is 2.12 bits per heavy atom. The summed E-state index contributed by atoms with van der Waals surface area (Å²) in [5.74, 6) is 0.227. The van der Waals surface area contributed by atoms with Crippen LogP contribution in [0.2, 0.25) is 4.34 Å². The third-order valence-electron chi connectivity index (χ3n) is 2.25. The smallest absolute Gasteiger partial charge is 0.207 e. The lowest BCUT2D eigenvalue weighted by atomic mass is 10.1. The highest BCUT2D eigenvalue weighted by atomic mass is 79.9. The van der Waals surface area contributed by atoms with Crippen LogP contribution in [-0.4, -0.2) is 19.8 Å². The second kappa shape index (κ2) is 5.82. The van der Waals surface area contributed by atoms with Crippen LogP contribution < -0.4 is 4.72 Å². The summed E-state index contributed by atoms with van der Waals surface area (Å²) >= 11 is 10.1. The van der Waals surface area contributed by atoms with Crippen LogP contribution in [0.4, 0.5) is 0 Å². The molecular weight excluding hydrogens is 334 g/mol. The van der Waals surface area contributed by atoms with Gasteiger partial charge in [0.05, 0.1) is 4.34 Å². The SMILES string of the molecule is CC(CBr)C(C)NS(=O)(=O)c1ccc(Cl)s1. The molecule has 2 unspecified atom stereocenters. The van der Waals surface area contributed by atoms with Gasteiger partial charge in [-0.15, -0.1) is 11.3 Å². The van der Waals surface area contributed by atoms with Crippen LogP contribution in [0.15, 0.2) is 16.3 Å². The zero-order chi connectivity index (χ0) is 12.3. The predicted molar refractivity (Wildman–Crippen MR) is 72.1 cm³/mol. The molecule has 0 radical (unpaired) electrons. The van der Waals surface area contributed by atoms with Crippen LogP contribution in [0.25, 0.3) is 0 Å². The number of thiophene rings is 1. The van der Waals surface area contributed by atoms with E-state index in [0.29, 0.717) is 4.34 Å². The monoisotopic (exact) mass is 345 g/mol. The van der Waals surface area contributed by atoms with Crippen molar-refractivity contribution in [1.29, 1.82) is 0 Å². The Hall–Kier alpha value is 0.380. The summed E-state index contributed by atoms with van der Waals surface area (Å²) in [6, 6.07) is 2.98. The van der Waals surface area contributed by atoms with Crippen molar-refractivity contribution in [3.8, 4) is 0 Å². The minimum Gasteiger partial charge on any atom is -0.207 e. The van der Waals surface area contributed by atoms with Crippen LogP contribution in [0.3, 0.4) is 0 Å². The van der Waals surface area contributed by atoms with Crippen LogP contribution in [-0.2, 0) is 10.0 Å². The molecule has 2 atom stereocenters. The fourth-order valence-corrected chi connectivity index (χ4v) is 4.41. The van der Waals surface area contributed by atoms with E-state index < -0.39 is 10.0 Å². The van der Waals surface area contributed by atoms with Crippen molar-refractivity contribution in [3.05, 3.63) is 16.5 Å². The molecule has 0 aliphatic rings. The molecule has 0 bridgehead atoms. The first-order chi connectivity index (χ1) is 7.36. The first-order valence-corrected chi connectivity index (χ1v) is 8.50. The van der Waals surface area contributed by atoms with Crippen molar-refractivity contribution in [2.24, 2.45) is 5.92 Å². The molecular formula is C9H13BrClNO2S2. The van der Waals surface area contributed by atoms with Crippen LogP contribution >= 0.6 is 38.9 Å². The largest absolute Gasteiger partial charge is 0.250 e. The number of halogens is 2. The summed E-state index contributed by atoms with van der Waals surface area (Å²) in [5, 5.41) is 0.752. The van der Waals surface area contributed by atoms with Crippen molar-refractivity contribution < 1.29 is 8.42 Å². The highest BCUT2D eigenvalue weighted by Crippen LogP contribution is 2.25. The molecule has 7 heteroatoms. The van der Waals surface area contributed by atoms with Gasteiger partial charge in [-0.05, 0) is 25.0 Å². The average molecular weight is 347 g/mol. The van der Waals surface area contributed by atoms with Gasteiger partial charge in [0.25, 0.3) is 0 Å². The fourth-order valence-electron chi connectivity index (χ4n) is 0.995. The van der Waals surface area contributed by atoms with Gasteiger partial charge >= 0.3 is 0 Å². The minimum atomic E-state index is -3.43. The summed E-state index contributed by atoms with van der Waals surface area (Å²) in [6.45, 7) is 3.82. The number of sulfonamides is 1. The van der Waals surface area contributed by atoms with Gasteiger partial charge in [0.2, 0.25) is 10.0 Å². The van der Waals surface area contributed by atoms with E-state index in [1.165, 1.54) is 6.07 Å². The molecule has 0 spiro atoms. The van der Waals surface area contributed by atoms with Crippen molar-refractivity contribution in [1.82, 2.24) is 4.72 Å². The van der Waals surface area contributed by atoms with E-state index in [-0.39, 0.29) is 16.2 Å². The maximum Gasteiger partial charge on any atom is 0.250 e. The zero-order valence-electron chi connectivity index (χ0n) is 8.91. The second-order valence-electron chi connectivity index (χ2n) is 3.60. The highest BCUT2D eigenvalue weighted by molar-refractivity contribution is 9.09. The van der Waals surface area contributed by atoms with Gasteiger partial charge in [-0.1, -0.05) is 34.5 Å². The summed E-state index contributed by atoms with van der Waals surface area (Å²) < 4.78 is 27.2. The molecule has 1 aromatic heterocycles. The Morgan fingerprint density at radius 1 is 1.50 bits per heavy atom. The van der Waals surface area contributed by atoms with E-state index in [9.17, 15) is 8.42 Å². The predicted octanol–water partition coefficient (Wildman–Crippen LogP) is 3.10. The molecule has 0 saturated heterocycles. The lowest BCUT2D eigenvalue weighted by molar-refractivity contribution is 0.485. The first kappa shape index (κ1) is 14.4. The molecule has 0 aromatic carbocycles. The van der Waals surface area contributed by atoms with Crippen LogP contribution in [0.1, 0.15) is 13.8 Å². The summed E-state index contributed by atoms with van der Waals surface area (Å²) in [6.07, 6.45) is 0. The van der Waals surface area contributed by atoms with Crippen molar-refractivity contribution >= 4 is 48.9 Å². The Balaban J connectivity index is 2.80. The van der Waals surface area contributed by atoms with Crippen LogP contribution in [0.5, 0.6) is 0 Å². The van der Waals surface area contributed by atoms with Crippen LogP contribution in [0, 0.1) is 5.92 Å². The van der Waals surface area contributed by atoms with E-state index in [0.717, 1.165) is 16.7 Å².